The molecule has 7 heteroatoms. The molecule has 3 aromatic rings. The van der Waals surface area contributed by atoms with Crippen molar-refractivity contribution in [3.63, 3.8) is 0 Å². The van der Waals surface area contributed by atoms with Gasteiger partial charge in [-0.05, 0) is 30.9 Å². The number of hydrogen-bond acceptors (Lipinski definition) is 5. The lowest BCUT2D eigenvalue weighted by molar-refractivity contribution is 0.0587. The maximum absolute atomic E-state index is 13.3. The summed E-state index contributed by atoms with van der Waals surface area (Å²) in [6.07, 6.45) is 5.89. The van der Waals surface area contributed by atoms with E-state index in [0.29, 0.717) is 11.5 Å². The van der Waals surface area contributed by atoms with Crippen LogP contribution in [-0.2, 0) is 6.54 Å². The zero-order chi connectivity index (χ0) is 17.5. The Hall–Kier alpha value is -2.25. The topological polar surface area (TPSA) is 53.7 Å². The van der Waals surface area contributed by atoms with Crippen LogP contribution in [0.2, 0.25) is 0 Å². The molecule has 3 fully saturated rings. The van der Waals surface area contributed by atoms with Gasteiger partial charge in [-0.3, -0.25) is 9.69 Å². The van der Waals surface area contributed by atoms with Crippen molar-refractivity contribution in [1.82, 2.24) is 24.4 Å². The van der Waals surface area contributed by atoms with Gasteiger partial charge in [-0.25, -0.2) is 9.50 Å². The van der Waals surface area contributed by atoms with E-state index in [1.54, 1.807) is 22.0 Å². The maximum atomic E-state index is 13.3. The van der Waals surface area contributed by atoms with Gasteiger partial charge in [0.05, 0.1) is 28.5 Å². The number of aromatic nitrogens is 3. The van der Waals surface area contributed by atoms with Gasteiger partial charge in [0.2, 0.25) is 0 Å². The standard InChI is InChI=1S/C19H21N5OS/c25-19(17-7-21-24-6-2-1-3-18(17)24)23-9-14-4-5-16(23)11-22(8-14)10-15-12-26-13-20-15/h1-3,6-7,12-14,16H,4-5,8-11H2/t14-,16+/m0/s1. The van der Waals surface area contributed by atoms with Crippen molar-refractivity contribution in [1.29, 1.82) is 0 Å². The SMILES string of the molecule is O=C(c1cnn2ccccc12)N1C[C@H]2CC[C@@H]1CN(Cc1cscn1)C2. The Morgan fingerprint density at radius 2 is 2.19 bits per heavy atom. The average molecular weight is 367 g/mol. The number of piperidine rings is 1. The molecule has 0 saturated carbocycles. The first-order chi connectivity index (χ1) is 12.8. The summed E-state index contributed by atoms with van der Waals surface area (Å²) >= 11 is 1.64. The Kier molecular flexibility index (Phi) is 3.98. The van der Waals surface area contributed by atoms with Crippen molar-refractivity contribution < 1.29 is 4.79 Å². The van der Waals surface area contributed by atoms with E-state index in [9.17, 15) is 4.79 Å². The third-order valence-electron chi connectivity index (χ3n) is 5.58. The number of hydrogen-bond donors (Lipinski definition) is 0. The Morgan fingerprint density at radius 3 is 3.08 bits per heavy atom. The lowest BCUT2D eigenvalue weighted by Gasteiger charge is -2.36. The highest BCUT2D eigenvalue weighted by Crippen LogP contribution is 2.30. The zero-order valence-corrected chi connectivity index (χ0v) is 15.3. The van der Waals surface area contributed by atoms with Crippen molar-refractivity contribution in [3.05, 3.63) is 52.7 Å². The Balaban J connectivity index is 1.39. The summed E-state index contributed by atoms with van der Waals surface area (Å²) in [6, 6.07) is 6.12. The first kappa shape index (κ1) is 16.0. The van der Waals surface area contributed by atoms with Crippen molar-refractivity contribution in [3.8, 4) is 0 Å². The minimum Gasteiger partial charge on any atom is -0.334 e. The molecule has 6 nitrogen and oxygen atoms in total. The first-order valence-electron chi connectivity index (χ1n) is 9.10. The Labute approximate surface area is 156 Å². The van der Waals surface area contributed by atoms with Gasteiger partial charge in [-0.15, -0.1) is 11.3 Å². The monoisotopic (exact) mass is 367 g/mol. The number of carbonyl (C=O) groups excluding carboxylic acids is 1. The van der Waals surface area contributed by atoms with E-state index in [2.05, 4.69) is 25.3 Å². The molecule has 6 heterocycles. The van der Waals surface area contributed by atoms with Crippen molar-refractivity contribution in [2.75, 3.05) is 19.6 Å². The highest BCUT2D eigenvalue weighted by atomic mass is 32.1. The van der Waals surface area contributed by atoms with Crippen LogP contribution in [0.5, 0.6) is 0 Å². The summed E-state index contributed by atoms with van der Waals surface area (Å²) in [7, 11) is 0. The molecule has 1 amide bonds. The van der Waals surface area contributed by atoms with Gasteiger partial charge in [-0.1, -0.05) is 6.07 Å². The molecule has 3 saturated heterocycles. The number of pyridine rings is 1. The zero-order valence-electron chi connectivity index (χ0n) is 14.5. The highest BCUT2D eigenvalue weighted by Gasteiger charge is 2.38. The molecule has 2 atom stereocenters. The molecule has 2 bridgehead atoms. The lowest BCUT2D eigenvalue weighted by Crippen LogP contribution is -2.47. The predicted octanol–water partition coefficient (Wildman–Crippen LogP) is 2.53. The minimum absolute atomic E-state index is 0.122. The number of carbonyl (C=O) groups is 1. The van der Waals surface area contributed by atoms with Gasteiger partial charge in [0.25, 0.3) is 5.91 Å². The predicted molar refractivity (Wildman–Crippen MR) is 100 cm³/mol. The van der Waals surface area contributed by atoms with Gasteiger partial charge in [-0.2, -0.15) is 5.10 Å². The highest BCUT2D eigenvalue weighted by molar-refractivity contribution is 7.07. The molecule has 0 spiro atoms. The van der Waals surface area contributed by atoms with Crippen LogP contribution in [0.15, 0.2) is 41.5 Å². The van der Waals surface area contributed by atoms with Gasteiger partial charge < -0.3 is 4.90 Å². The fraction of sp³-hybridized carbons (Fsp3) is 0.421. The van der Waals surface area contributed by atoms with E-state index in [0.717, 1.165) is 43.8 Å². The van der Waals surface area contributed by atoms with E-state index in [4.69, 9.17) is 0 Å². The summed E-state index contributed by atoms with van der Waals surface area (Å²) < 4.78 is 1.78. The normalized spacial score (nSPS) is 23.5. The molecule has 0 N–H and O–H groups in total. The molecule has 0 radical (unpaired) electrons. The average Bonchev–Trinajstić information content (AvgIpc) is 3.24. The van der Waals surface area contributed by atoms with Crippen LogP contribution in [-0.4, -0.2) is 56.0 Å². The smallest absolute Gasteiger partial charge is 0.257 e. The number of nitrogens with zero attached hydrogens (tertiary/aromatic N) is 5. The Bertz CT molecular complexity index is 921. The first-order valence-corrected chi connectivity index (χ1v) is 10.0. The summed E-state index contributed by atoms with van der Waals surface area (Å²) in [5.74, 6) is 0.662. The molecular weight excluding hydrogens is 346 g/mol. The molecule has 6 rings (SSSR count). The fourth-order valence-corrected chi connectivity index (χ4v) is 4.91. The molecule has 26 heavy (non-hydrogen) atoms. The van der Waals surface area contributed by atoms with E-state index in [1.165, 1.54) is 6.42 Å². The number of fused-ring (bicyclic) bond motifs is 5. The van der Waals surface area contributed by atoms with Gasteiger partial charge >= 0.3 is 0 Å². The number of amides is 1. The summed E-state index contributed by atoms with van der Waals surface area (Å²) in [6.45, 7) is 3.71. The third-order valence-corrected chi connectivity index (χ3v) is 6.21. The van der Waals surface area contributed by atoms with Crippen LogP contribution < -0.4 is 0 Å². The Morgan fingerprint density at radius 1 is 1.23 bits per heavy atom. The van der Waals surface area contributed by atoms with Crippen LogP contribution in [0.25, 0.3) is 5.52 Å². The van der Waals surface area contributed by atoms with Crippen molar-refractivity contribution in [2.24, 2.45) is 5.92 Å². The molecule has 134 valence electrons. The van der Waals surface area contributed by atoms with Gasteiger partial charge in [0.15, 0.2) is 0 Å². The summed E-state index contributed by atoms with van der Waals surface area (Å²) in [5.41, 5.74) is 4.63. The fourth-order valence-electron chi connectivity index (χ4n) is 4.36. The number of rotatable bonds is 3. The number of thiazole rings is 1. The van der Waals surface area contributed by atoms with E-state index >= 15 is 0 Å². The van der Waals surface area contributed by atoms with E-state index in [1.807, 2.05) is 29.9 Å². The van der Waals surface area contributed by atoms with Crippen LogP contribution in [0.3, 0.4) is 0 Å². The van der Waals surface area contributed by atoms with Gasteiger partial charge in [0, 0.05) is 43.8 Å². The van der Waals surface area contributed by atoms with Crippen LogP contribution in [0, 0.1) is 5.92 Å². The molecule has 0 unspecified atom stereocenters. The molecule has 0 aliphatic carbocycles. The van der Waals surface area contributed by atoms with Crippen LogP contribution in [0.4, 0.5) is 0 Å². The largest absolute Gasteiger partial charge is 0.334 e. The third kappa shape index (κ3) is 2.81. The maximum Gasteiger partial charge on any atom is 0.257 e. The van der Waals surface area contributed by atoms with Crippen molar-refractivity contribution >= 4 is 22.8 Å². The van der Waals surface area contributed by atoms with Crippen LogP contribution in [0.1, 0.15) is 28.9 Å². The molecular formula is C19H21N5OS. The molecule has 3 aliphatic heterocycles. The van der Waals surface area contributed by atoms with E-state index in [-0.39, 0.29) is 11.9 Å². The molecule has 0 aromatic carbocycles. The molecule has 3 aromatic heterocycles. The quantitative estimate of drug-likeness (QED) is 0.714. The second-order valence-corrected chi connectivity index (χ2v) is 8.04. The van der Waals surface area contributed by atoms with Crippen molar-refractivity contribution in [2.45, 2.75) is 25.4 Å². The summed E-state index contributed by atoms with van der Waals surface area (Å²) in [4.78, 5) is 22.3. The minimum atomic E-state index is 0.122. The second-order valence-electron chi connectivity index (χ2n) is 7.32. The molecule has 3 aliphatic rings. The van der Waals surface area contributed by atoms with Gasteiger partial charge in [0.1, 0.15) is 0 Å². The second kappa shape index (κ2) is 6.48. The summed E-state index contributed by atoms with van der Waals surface area (Å²) in [5, 5.41) is 6.46. The lowest BCUT2D eigenvalue weighted by atomic mass is 9.94. The van der Waals surface area contributed by atoms with Crippen LogP contribution >= 0.6 is 11.3 Å². The van der Waals surface area contributed by atoms with E-state index < -0.39 is 0 Å².